The highest BCUT2D eigenvalue weighted by molar-refractivity contribution is 8.13. The van der Waals surface area contributed by atoms with Crippen LogP contribution >= 0.6 is 10.7 Å². The maximum absolute atomic E-state index is 13.0. The van der Waals surface area contributed by atoms with Crippen molar-refractivity contribution in [3.05, 3.63) is 54.1 Å². The fourth-order valence-corrected chi connectivity index (χ4v) is 3.26. The lowest BCUT2D eigenvalue weighted by atomic mass is 10.0. The van der Waals surface area contributed by atoms with Crippen LogP contribution in [0, 0.1) is 0 Å². The Balaban J connectivity index is 2.84. The lowest BCUT2D eigenvalue weighted by molar-refractivity contribution is -0.139. The first-order chi connectivity index (χ1) is 9.21. The zero-order valence-electron chi connectivity index (χ0n) is 9.86. The Labute approximate surface area is 118 Å². The molecule has 2 aromatic carbocycles. The number of alkyl halides is 3. The zero-order chi connectivity index (χ0) is 15.0. The minimum Gasteiger partial charge on any atom is -0.207 e. The molecule has 106 valence electrons. The van der Waals surface area contributed by atoms with Gasteiger partial charge in [-0.25, -0.2) is 8.42 Å². The van der Waals surface area contributed by atoms with Crippen molar-refractivity contribution in [2.45, 2.75) is 11.1 Å². The van der Waals surface area contributed by atoms with Crippen molar-refractivity contribution in [3.8, 4) is 11.1 Å². The van der Waals surface area contributed by atoms with Crippen LogP contribution in [0.1, 0.15) is 5.56 Å². The standard InChI is InChI=1S/C13H8ClF3O2S/c14-20(18,19)12-10(9-5-2-1-3-6-9)7-4-8-11(12)13(15,16)17/h1-8H. The van der Waals surface area contributed by atoms with E-state index in [1.165, 1.54) is 18.2 Å². The van der Waals surface area contributed by atoms with Crippen molar-refractivity contribution < 1.29 is 21.6 Å². The number of rotatable bonds is 2. The van der Waals surface area contributed by atoms with E-state index < -0.39 is 25.7 Å². The normalized spacial score (nSPS) is 12.4. The van der Waals surface area contributed by atoms with Gasteiger partial charge in [-0.05, 0) is 11.6 Å². The third kappa shape index (κ3) is 2.96. The van der Waals surface area contributed by atoms with Crippen molar-refractivity contribution in [2.24, 2.45) is 0 Å². The van der Waals surface area contributed by atoms with Crippen LogP contribution in [0.25, 0.3) is 11.1 Å². The number of halogens is 4. The zero-order valence-corrected chi connectivity index (χ0v) is 11.4. The summed E-state index contributed by atoms with van der Waals surface area (Å²) in [6, 6.07) is 11.0. The molecule has 0 atom stereocenters. The third-order valence-electron chi connectivity index (χ3n) is 2.65. The highest BCUT2D eigenvalue weighted by Gasteiger charge is 2.38. The molecule has 20 heavy (non-hydrogen) atoms. The number of hydrogen-bond acceptors (Lipinski definition) is 2. The fourth-order valence-electron chi connectivity index (χ4n) is 1.87. The molecule has 0 spiro atoms. The molecule has 7 heteroatoms. The second-order valence-electron chi connectivity index (χ2n) is 3.98. The molecule has 2 aromatic rings. The van der Waals surface area contributed by atoms with Crippen LogP contribution in [0.4, 0.5) is 13.2 Å². The molecule has 0 radical (unpaired) electrons. The van der Waals surface area contributed by atoms with Crippen LogP contribution in [0.2, 0.25) is 0 Å². The Bertz CT molecular complexity index is 725. The number of hydrogen-bond donors (Lipinski definition) is 0. The molecule has 0 heterocycles. The first kappa shape index (κ1) is 14.9. The van der Waals surface area contributed by atoms with E-state index in [2.05, 4.69) is 0 Å². The summed E-state index contributed by atoms with van der Waals surface area (Å²) in [5.41, 5.74) is -0.998. The van der Waals surface area contributed by atoms with E-state index in [9.17, 15) is 21.6 Å². The monoisotopic (exact) mass is 320 g/mol. The molecule has 0 amide bonds. The van der Waals surface area contributed by atoms with E-state index in [-0.39, 0.29) is 5.56 Å². The van der Waals surface area contributed by atoms with Gasteiger partial charge < -0.3 is 0 Å². The molecule has 0 saturated heterocycles. The van der Waals surface area contributed by atoms with Gasteiger partial charge in [-0.2, -0.15) is 13.2 Å². The topological polar surface area (TPSA) is 34.1 Å². The van der Waals surface area contributed by atoms with E-state index in [4.69, 9.17) is 10.7 Å². The van der Waals surface area contributed by atoms with Gasteiger partial charge in [0.2, 0.25) is 0 Å². The summed E-state index contributed by atoms with van der Waals surface area (Å²) in [7, 11) is 0.654. The van der Waals surface area contributed by atoms with Crippen LogP contribution in [0.3, 0.4) is 0 Å². The van der Waals surface area contributed by atoms with Crippen molar-refractivity contribution >= 4 is 19.7 Å². The Morgan fingerprint density at radius 1 is 0.900 bits per heavy atom. The largest absolute Gasteiger partial charge is 0.417 e. The molecule has 0 bridgehead atoms. The van der Waals surface area contributed by atoms with Gasteiger partial charge in [0.05, 0.1) is 5.56 Å². The average Bonchev–Trinajstić information content (AvgIpc) is 2.37. The molecule has 2 rings (SSSR count). The van der Waals surface area contributed by atoms with E-state index in [1.54, 1.807) is 18.2 Å². The Hall–Kier alpha value is -1.53. The Morgan fingerprint density at radius 3 is 2.00 bits per heavy atom. The SMILES string of the molecule is O=S(=O)(Cl)c1c(-c2ccccc2)cccc1C(F)(F)F. The van der Waals surface area contributed by atoms with Gasteiger partial charge in [0.25, 0.3) is 9.05 Å². The molecule has 0 fully saturated rings. The highest BCUT2D eigenvalue weighted by atomic mass is 35.7. The number of benzene rings is 2. The first-order valence-corrected chi connectivity index (χ1v) is 7.72. The second-order valence-corrected chi connectivity index (χ2v) is 6.49. The van der Waals surface area contributed by atoms with Crippen LogP contribution in [-0.2, 0) is 15.2 Å². The Kier molecular flexibility index (Phi) is 3.80. The summed E-state index contributed by atoms with van der Waals surface area (Å²) in [4.78, 5) is -0.916. The van der Waals surface area contributed by atoms with Crippen molar-refractivity contribution in [3.63, 3.8) is 0 Å². The lowest BCUT2D eigenvalue weighted by Crippen LogP contribution is -2.11. The maximum Gasteiger partial charge on any atom is 0.417 e. The second kappa shape index (κ2) is 5.10. The minimum absolute atomic E-state index is 0.0737. The molecular weight excluding hydrogens is 313 g/mol. The van der Waals surface area contributed by atoms with Gasteiger partial charge in [-0.1, -0.05) is 42.5 Å². The van der Waals surface area contributed by atoms with Crippen LogP contribution < -0.4 is 0 Å². The van der Waals surface area contributed by atoms with E-state index in [0.717, 1.165) is 6.07 Å². The summed E-state index contributed by atoms with van der Waals surface area (Å²) >= 11 is 0. The Morgan fingerprint density at radius 2 is 1.50 bits per heavy atom. The molecule has 0 aromatic heterocycles. The van der Waals surface area contributed by atoms with Crippen LogP contribution in [0.15, 0.2) is 53.4 Å². The van der Waals surface area contributed by atoms with Gasteiger partial charge in [0.15, 0.2) is 0 Å². The van der Waals surface area contributed by atoms with Gasteiger partial charge in [-0.15, -0.1) is 0 Å². The van der Waals surface area contributed by atoms with Crippen LogP contribution in [-0.4, -0.2) is 8.42 Å². The summed E-state index contributed by atoms with van der Waals surface area (Å²) in [5, 5.41) is 0. The predicted molar refractivity (Wildman–Crippen MR) is 69.9 cm³/mol. The minimum atomic E-state index is -4.80. The molecule has 0 aliphatic heterocycles. The quantitative estimate of drug-likeness (QED) is 0.773. The summed E-state index contributed by atoms with van der Waals surface area (Å²) in [6.45, 7) is 0. The smallest absolute Gasteiger partial charge is 0.207 e. The third-order valence-corrected chi connectivity index (χ3v) is 4.04. The molecule has 0 saturated carbocycles. The highest BCUT2D eigenvalue weighted by Crippen LogP contribution is 2.40. The molecule has 0 N–H and O–H groups in total. The first-order valence-electron chi connectivity index (χ1n) is 5.41. The molecule has 0 aliphatic rings. The van der Waals surface area contributed by atoms with E-state index >= 15 is 0 Å². The van der Waals surface area contributed by atoms with E-state index in [0.29, 0.717) is 11.6 Å². The maximum atomic E-state index is 13.0. The summed E-state index contributed by atoms with van der Waals surface area (Å²) in [5.74, 6) is 0. The molecular formula is C13H8ClF3O2S. The fraction of sp³-hybridized carbons (Fsp3) is 0.0769. The van der Waals surface area contributed by atoms with Crippen molar-refractivity contribution in [1.82, 2.24) is 0 Å². The van der Waals surface area contributed by atoms with E-state index in [1.807, 2.05) is 0 Å². The predicted octanol–water partition coefficient (Wildman–Crippen LogP) is 4.30. The van der Waals surface area contributed by atoms with Gasteiger partial charge in [0, 0.05) is 16.2 Å². The summed E-state index contributed by atoms with van der Waals surface area (Å²) in [6.07, 6.45) is -4.80. The van der Waals surface area contributed by atoms with Gasteiger partial charge in [0.1, 0.15) is 4.90 Å². The summed E-state index contributed by atoms with van der Waals surface area (Å²) < 4.78 is 62.0. The lowest BCUT2D eigenvalue weighted by Gasteiger charge is -2.14. The molecule has 2 nitrogen and oxygen atoms in total. The van der Waals surface area contributed by atoms with Gasteiger partial charge in [-0.3, -0.25) is 0 Å². The van der Waals surface area contributed by atoms with Crippen molar-refractivity contribution in [2.75, 3.05) is 0 Å². The van der Waals surface area contributed by atoms with Crippen molar-refractivity contribution in [1.29, 1.82) is 0 Å². The molecule has 0 aliphatic carbocycles. The average molecular weight is 321 g/mol. The van der Waals surface area contributed by atoms with Gasteiger partial charge >= 0.3 is 6.18 Å². The molecule has 0 unspecified atom stereocenters. The van der Waals surface area contributed by atoms with Crippen LogP contribution in [0.5, 0.6) is 0 Å².